The molecule has 0 radical (unpaired) electrons. The summed E-state index contributed by atoms with van der Waals surface area (Å²) in [5.74, 6) is -0.171. The van der Waals surface area contributed by atoms with Gasteiger partial charge in [-0.25, -0.2) is 0 Å². The summed E-state index contributed by atoms with van der Waals surface area (Å²) in [5, 5.41) is 2.60. The van der Waals surface area contributed by atoms with Gasteiger partial charge in [0.1, 0.15) is 6.61 Å². The molecule has 5 heteroatoms. The van der Waals surface area contributed by atoms with Crippen LogP contribution in [0.4, 0.5) is 0 Å². The molecule has 1 amide bonds. The van der Waals surface area contributed by atoms with Crippen LogP contribution in [0.25, 0.3) is 0 Å². The van der Waals surface area contributed by atoms with E-state index < -0.39 is 10.8 Å². The molecule has 0 spiro atoms. The number of amides is 1. The first-order valence-corrected chi connectivity index (χ1v) is 5.28. The molecule has 72 valence electrons. The zero-order valence-corrected chi connectivity index (χ0v) is 8.44. The van der Waals surface area contributed by atoms with E-state index in [1.807, 2.05) is 6.92 Å². The molecule has 0 aliphatic carbocycles. The molecule has 1 N–H and O–H groups in total. The largest absolute Gasteiger partial charge is 0.375 e. The van der Waals surface area contributed by atoms with Crippen molar-refractivity contribution >= 4 is 16.7 Å². The topological polar surface area (TPSA) is 55.4 Å². The second-order valence-electron chi connectivity index (χ2n) is 2.55. The number of hydrogen-bond donors (Lipinski definition) is 1. The third-order valence-corrected chi connectivity index (χ3v) is 2.73. The lowest BCUT2D eigenvalue weighted by Crippen LogP contribution is -2.34. The number of carbonyl (C=O) groups excluding carboxylic acids is 1. The Morgan fingerprint density at radius 1 is 1.67 bits per heavy atom. The number of methoxy groups -OCH3 is 1. The SMILES string of the molecule is COCC(=O)NCC(C)S(C)=O. The Bertz CT molecular complexity index is 172. The summed E-state index contributed by atoms with van der Waals surface area (Å²) < 4.78 is 15.5. The van der Waals surface area contributed by atoms with Gasteiger partial charge in [0.2, 0.25) is 5.91 Å². The molecule has 2 atom stereocenters. The van der Waals surface area contributed by atoms with Crippen LogP contribution < -0.4 is 5.32 Å². The minimum Gasteiger partial charge on any atom is -0.375 e. The quantitative estimate of drug-likeness (QED) is 0.641. The van der Waals surface area contributed by atoms with Gasteiger partial charge in [-0.2, -0.15) is 0 Å². The Hall–Kier alpha value is -0.420. The molecule has 0 fully saturated rings. The Morgan fingerprint density at radius 2 is 2.25 bits per heavy atom. The summed E-state index contributed by atoms with van der Waals surface area (Å²) in [6, 6.07) is 0. The van der Waals surface area contributed by atoms with E-state index in [-0.39, 0.29) is 17.8 Å². The average molecular weight is 193 g/mol. The van der Waals surface area contributed by atoms with Gasteiger partial charge < -0.3 is 10.1 Å². The molecule has 0 aliphatic rings. The number of hydrogen-bond acceptors (Lipinski definition) is 3. The summed E-state index contributed by atoms with van der Waals surface area (Å²) >= 11 is 0. The maximum atomic E-state index is 10.8. The summed E-state index contributed by atoms with van der Waals surface area (Å²) in [5.41, 5.74) is 0. The van der Waals surface area contributed by atoms with E-state index >= 15 is 0 Å². The van der Waals surface area contributed by atoms with Crippen LogP contribution in [0.3, 0.4) is 0 Å². The molecule has 0 heterocycles. The van der Waals surface area contributed by atoms with Gasteiger partial charge in [0.05, 0.1) is 0 Å². The number of nitrogens with one attached hydrogen (secondary N) is 1. The monoisotopic (exact) mass is 193 g/mol. The molecule has 0 aromatic rings. The fourth-order valence-electron chi connectivity index (χ4n) is 0.557. The van der Waals surface area contributed by atoms with Gasteiger partial charge >= 0.3 is 0 Å². The van der Waals surface area contributed by atoms with E-state index in [1.54, 1.807) is 6.26 Å². The molecule has 2 unspecified atom stereocenters. The van der Waals surface area contributed by atoms with E-state index in [9.17, 15) is 9.00 Å². The Balaban J connectivity index is 3.54. The second-order valence-corrected chi connectivity index (χ2v) is 4.35. The molecular formula is C7H15NO3S. The third-order valence-electron chi connectivity index (χ3n) is 1.43. The van der Waals surface area contributed by atoms with Crippen molar-refractivity contribution in [1.29, 1.82) is 0 Å². The number of ether oxygens (including phenoxy) is 1. The van der Waals surface area contributed by atoms with Crippen molar-refractivity contribution in [2.45, 2.75) is 12.2 Å². The predicted molar refractivity (Wildman–Crippen MR) is 48.4 cm³/mol. The molecule has 0 saturated carbocycles. The van der Waals surface area contributed by atoms with Crippen molar-refractivity contribution in [2.75, 3.05) is 26.5 Å². The van der Waals surface area contributed by atoms with Crippen LogP contribution in [0.1, 0.15) is 6.92 Å². The summed E-state index contributed by atoms with van der Waals surface area (Å²) in [4.78, 5) is 10.8. The second kappa shape index (κ2) is 6.14. The summed E-state index contributed by atoms with van der Waals surface area (Å²) in [7, 11) is 0.573. The zero-order chi connectivity index (χ0) is 9.56. The Kier molecular flexibility index (Phi) is 5.92. The number of carbonyl (C=O) groups is 1. The van der Waals surface area contributed by atoms with Gasteiger partial charge in [-0.15, -0.1) is 0 Å². The van der Waals surface area contributed by atoms with E-state index in [2.05, 4.69) is 10.1 Å². The Labute approximate surface area is 75.1 Å². The smallest absolute Gasteiger partial charge is 0.246 e. The van der Waals surface area contributed by atoms with Gasteiger partial charge in [-0.05, 0) is 6.92 Å². The fourth-order valence-corrected chi connectivity index (χ4v) is 0.875. The summed E-state index contributed by atoms with van der Waals surface area (Å²) in [6.07, 6.45) is 1.62. The molecule has 0 aromatic carbocycles. The molecule has 0 aliphatic heterocycles. The highest BCUT2D eigenvalue weighted by atomic mass is 32.2. The lowest BCUT2D eigenvalue weighted by Gasteiger charge is -2.08. The van der Waals surface area contributed by atoms with Crippen LogP contribution in [0.15, 0.2) is 0 Å². The maximum Gasteiger partial charge on any atom is 0.246 e. The van der Waals surface area contributed by atoms with Crippen LogP contribution in [0.2, 0.25) is 0 Å². The highest BCUT2D eigenvalue weighted by Gasteiger charge is 2.07. The van der Waals surface area contributed by atoms with Gasteiger partial charge in [-0.1, -0.05) is 0 Å². The fraction of sp³-hybridized carbons (Fsp3) is 0.857. The van der Waals surface area contributed by atoms with Crippen LogP contribution in [0.5, 0.6) is 0 Å². The van der Waals surface area contributed by atoms with Gasteiger partial charge in [0, 0.05) is 36.0 Å². The van der Waals surface area contributed by atoms with E-state index in [0.717, 1.165) is 0 Å². The first-order valence-electron chi connectivity index (χ1n) is 3.65. The molecule has 0 bridgehead atoms. The molecule has 12 heavy (non-hydrogen) atoms. The maximum absolute atomic E-state index is 10.8. The van der Waals surface area contributed by atoms with E-state index in [4.69, 9.17) is 0 Å². The average Bonchev–Trinajstić information content (AvgIpc) is 2.00. The van der Waals surface area contributed by atoms with E-state index in [1.165, 1.54) is 7.11 Å². The predicted octanol–water partition coefficient (Wildman–Crippen LogP) is -0.484. The highest BCUT2D eigenvalue weighted by Crippen LogP contribution is 1.89. The zero-order valence-electron chi connectivity index (χ0n) is 7.62. The third kappa shape index (κ3) is 5.26. The standard InChI is InChI=1S/C7H15NO3S/c1-6(12(3)10)4-8-7(9)5-11-2/h6H,4-5H2,1-3H3,(H,8,9). The van der Waals surface area contributed by atoms with Crippen molar-refractivity contribution in [3.05, 3.63) is 0 Å². The Morgan fingerprint density at radius 3 is 2.67 bits per heavy atom. The van der Waals surface area contributed by atoms with Crippen molar-refractivity contribution in [3.8, 4) is 0 Å². The molecular weight excluding hydrogens is 178 g/mol. The summed E-state index contributed by atoms with van der Waals surface area (Å²) in [6.45, 7) is 2.32. The van der Waals surface area contributed by atoms with Gasteiger partial charge in [-0.3, -0.25) is 9.00 Å². The van der Waals surface area contributed by atoms with Crippen molar-refractivity contribution in [3.63, 3.8) is 0 Å². The highest BCUT2D eigenvalue weighted by molar-refractivity contribution is 7.84. The van der Waals surface area contributed by atoms with Crippen molar-refractivity contribution in [1.82, 2.24) is 5.32 Å². The van der Waals surface area contributed by atoms with Gasteiger partial charge in [0.15, 0.2) is 0 Å². The normalized spacial score (nSPS) is 15.2. The lowest BCUT2D eigenvalue weighted by molar-refractivity contribution is -0.124. The van der Waals surface area contributed by atoms with Gasteiger partial charge in [0.25, 0.3) is 0 Å². The molecule has 0 saturated heterocycles. The first kappa shape index (κ1) is 11.6. The number of rotatable bonds is 5. The van der Waals surface area contributed by atoms with Crippen molar-refractivity contribution in [2.24, 2.45) is 0 Å². The molecule has 0 rings (SSSR count). The van der Waals surface area contributed by atoms with E-state index in [0.29, 0.717) is 6.54 Å². The van der Waals surface area contributed by atoms with Crippen molar-refractivity contribution < 1.29 is 13.7 Å². The first-order chi connectivity index (χ1) is 5.57. The lowest BCUT2D eigenvalue weighted by atomic mass is 10.4. The minimum atomic E-state index is -0.886. The van der Waals surface area contributed by atoms with Crippen LogP contribution in [0, 0.1) is 0 Å². The van der Waals surface area contributed by atoms with Crippen LogP contribution in [-0.4, -0.2) is 41.9 Å². The minimum absolute atomic E-state index is 0.00851. The molecule has 0 aromatic heterocycles. The van der Waals surface area contributed by atoms with Crippen LogP contribution in [-0.2, 0) is 20.3 Å². The molecule has 4 nitrogen and oxygen atoms in total. The van der Waals surface area contributed by atoms with Crippen LogP contribution >= 0.6 is 0 Å².